The number of carbonyl (C=O) groups is 1. The van der Waals surface area contributed by atoms with Crippen molar-refractivity contribution in [3.05, 3.63) is 65.5 Å². The lowest BCUT2D eigenvalue weighted by atomic mass is 9.73. The normalized spacial score (nSPS) is 16.9. The molecule has 2 aromatic rings. The third-order valence-electron chi connectivity index (χ3n) is 5.38. The molecule has 29 heavy (non-hydrogen) atoms. The molecule has 2 N–H and O–H groups in total. The van der Waals surface area contributed by atoms with Crippen molar-refractivity contribution < 1.29 is 26.9 Å². The van der Waals surface area contributed by atoms with E-state index in [2.05, 4.69) is 5.32 Å². The van der Waals surface area contributed by atoms with Gasteiger partial charge in [0.25, 0.3) is 5.91 Å². The molecule has 0 spiro atoms. The van der Waals surface area contributed by atoms with Crippen molar-refractivity contribution in [2.24, 2.45) is 0 Å². The van der Waals surface area contributed by atoms with Crippen molar-refractivity contribution in [2.45, 2.75) is 18.3 Å². The molecule has 3 rings (SSSR count). The van der Waals surface area contributed by atoms with Gasteiger partial charge < -0.3 is 10.1 Å². The summed E-state index contributed by atoms with van der Waals surface area (Å²) in [7, 11) is -2.82. The molecule has 1 aliphatic rings. The number of rotatable bonds is 6. The zero-order chi connectivity index (χ0) is 21.1. The second kappa shape index (κ2) is 8.48. The van der Waals surface area contributed by atoms with E-state index in [1.54, 1.807) is 36.4 Å². The SMILES string of the molecule is COc1ccccc1C(=O)NCC1(c2cccc(F)c2)CCN(S(=O)(=O)O)CC1. The van der Waals surface area contributed by atoms with Gasteiger partial charge in [-0.1, -0.05) is 24.3 Å². The Hall–Kier alpha value is -2.49. The smallest absolute Gasteiger partial charge is 0.335 e. The highest BCUT2D eigenvalue weighted by Gasteiger charge is 2.39. The highest BCUT2D eigenvalue weighted by atomic mass is 32.2. The number of methoxy groups -OCH3 is 1. The molecule has 1 fully saturated rings. The topological polar surface area (TPSA) is 95.9 Å². The lowest BCUT2D eigenvalue weighted by Gasteiger charge is -2.41. The number of nitrogens with one attached hydrogen (secondary N) is 1. The van der Waals surface area contributed by atoms with Crippen LogP contribution >= 0.6 is 0 Å². The van der Waals surface area contributed by atoms with Crippen LogP contribution in [0.3, 0.4) is 0 Å². The van der Waals surface area contributed by atoms with Crippen molar-refractivity contribution in [3.8, 4) is 5.75 Å². The van der Waals surface area contributed by atoms with Crippen molar-refractivity contribution in [2.75, 3.05) is 26.7 Å². The molecule has 1 aliphatic heterocycles. The van der Waals surface area contributed by atoms with Gasteiger partial charge in [-0.25, -0.2) is 4.39 Å². The summed E-state index contributed by atoms with van der Waals surface area (Å²) in [5, 5.41) is 2.88. The van der Waals surface area contributed by atoms with E-state index in [4.69, 9.17) is 4.74 Å². The third-order valence-corrected chi connectivity index (χ3v) is 6.40. The molecule has 0 radical (unpaired) electrons. The van der Waals surface area contributed by atoms with Gasteiger partial charge in [-0.3, -0.25) is 9.35 Å². The molecule has 0 atom stereocenters. The van der Waals surface area contributed by atoms with Gasteiger partial charge in [0.2, 0.25) is 0 Å². The number of piperidine rings is 1. The molecule has 0 saturated carbocycles. The number of hydrogen-bond donors (Lipinski definition) is 2. The summed E-state index contributed by atoms with van der Waals surface area (Å²) in [6.45, 7) is 0.326. The maximum absolute atomic E-state index is 13.9. The molecule has 0 bridgehead atoms. The fourth-order valence-corrected chi connectivity index (χ4v) is 4.35. The zero-order valence-corrected chi connectivity index (χ0v) is 16.8. The summed E-state index contributed by atoms with van der Waals surface area (Å²) in [6, 6.07) is 12.9. The first-order valence-electron chi connectivity index (χ1n) is 9.15. The summed E-state index contributed by atoms with van der Waals surface area (Å²) < 4.78 is 52.3. The fourth-order valence-electron chi connectivity index (χ4n) is 3.71. The quantitative estimate of drug-likeness (QED) is 0.697. The Kier molecular flexibility index (Phi) is 6.21. The Morgan fingerprint density at radius 2 is 1.90 bits per heavy atom. The van der Waals surface area contributed by atoms with Crippen molar-refractivity contribution in [1.82, 2.24) is 9.62 Å². The second-order valence-electron chi connectivity index (χ2n) is 7.05. The number of hydrogen-bond acceptors (Lipinski definition) is 4. The van der Waals surface area contributed by atoms with Crippen LogP contribution in [0.2, 0.25) is 0 Å². The lowest BCUT2D eigenvalue weighted by molar-refractivity contribution is 0.0929. The Morgan fingerprint density at radius 1 is 1.21 bits per heavy atom. The lowest BCUT2D eigenvalue weighted by Crippen LogP contribution is -2.50. The van der Waals surface area contributed by atoms with Gasteiger partial charge in [-0.2, -0.15) is 12.7 Å². The van der Waals surface area contributed by atoms with Gasteiger partial charge in [0.15, 0.2) is 0 Å². The minimum atomic E-state index is -4.29. The second-order valence-corrected chi connectivity index (χ2v) is 8.46. The summed E-state index contributed by atoms with van der Waals surface area (Å²) in [6.07, 6.45) is 0.644. The average Bonchev–Trinajstić information content (AvgIpc) is 2.71. The average molecular weight is 422 g/mol. The number of amides is 1. The number of ether oxygens (including phenoxy) is 1. The summed E-state index contributed by atoms with van der Waals surface area (Å²) in [4.78, 5) is 12.7. The van der Waals surface area contributed by atoms with Crippen molar-refractivity contribution in [3.63, 3.8) is 0 Å². The maximum Gasteiger partial charge on any atom is 0.335 e. The van der Waals surface area contributed by atoms with E-state index < -0.39 is 21.5 Å². The summed E-state index contributed by atoms with van der Waals surface area (Å²) in [5.41, 5.74) is 0.383. The van der Waals surface area contributed by atoms with Gasteiger partial charge >= 0.3 is 10.3 Å². The van der Waals surface area contributed by atoms with E-state index in [9.17, 15) is 22.2 Å². The molecule has 1 amide bonds. The van der Waals surface area contributed by atoms with Crippen molar-refractivity contribution >= 4 is 16.2 Å². The molecule has 0 aliphatic carbocycles. The maximum atomic E-state index is 13.9. The molecule has 9 heteroatoms. The first kappa shape index (κ1) is 21.2. The number of carbonyl (C=O) groups excluding carboxylic acids is 1. The van der Waals surface area contributed by atoms with E-state index in [0.717, 1.165) is 4.31 Å². The van der Waals surface area contributed by atoms with Crippen LogP contribution in [-0.4, -0.2) is 49.9 Å². The fraction of sp³-hybridized carbons (Fsp3) is 0.350. The number of nitrogens with zero attached hydrogens (tertiary/aromatic N) is 1. The zero-order valence-electron chi connectivity index (χ0n) is 16.0. The predicted molar refractivity (Wildman–Crippen MR) is 106 cm³/mol. The van der Waals surface area contributed by atoms with Gasteiger partial charge in [-0.15, -0.1) is 0 Å². The van der Waals surface area contributed by atoms with Gasteiger partial charge in [0.05, 0.1) is 12.7 Å². The molecule has 7 nitrogen and oxygen atoms in total. The monoisotopic (exact) mass is 422 g/mol. The van der Waals surface area contributed by atoms with Crippen LogP contribution in [0.5, 0.6) is 5.75 Å². The Labute approximate surface area is 169 Å². The molecule has 156 valence electrons. The molecule has 1 heterocycles. The third kappa shape index (κ3) is 4.75. The van der Waals surface area contributed by atoms with E-state index in [1.165, 1.54) is 19.2 Å². The Morgan fingerprint density at radius 3 is 2.52 bits per heavy atom. The van der Waals surface area contributed by atoms with Crippen LogP contribution < -0.4 is 10.1 Å². The van der Waals surface area contributed by atoms with Crippen LogP contribution in [-0.2, 0) is 15.7 Å². The molecule has 2 aromatic carbocycles. The predicted octanol–water partition coefficient (Wildman–Crippen LogP) is 2.40. The van der Waals surface area contributed by atoms with Crippen LogP contribution in [0, 0.1) is 5.82 Å². The van der Waals surface area contributed by atoms with Crippen molar-refractivity contribution in [1.29, 1.82) is 0 Å². The highest BCUT2D eigenvalue weighted by Crippen LogP contribution is 2.36. The highest BCUT2D eigenvalue weighted by molar-refractivity contribution is 7.83. The molecular weight excluding hydrogens is 399 g/mol. The van der Waals surface area contributed by atoms with Crippen LogP contribution in [0.15, 0.2) is 48.5 Å². The number of para-hydroxylation sites is 1. The van der Waals surface area contributed by atoms with Gasteiger partial charge in [0.1, 0.15) is 11.6 Å². The van der Waals surface area contributed by atoms with E-state index in [-0.39, 0.29) is 25.5 Å². The van der Waals surface area contributed by atoms with Crippen LogP contribution in [0.1, 0.15) is 28.8 Å². The van der Waals surface area contributed by atoms with E-state index in [0.29, 0.717) is 29.7 Å². The number of benzene rings is 2. The van der Waals surface area contributed by atoms with E-state index >= 15 is 0 Å². The first-order chi connectivity index (χ1) is 13.7. The molecule has 0 aromatic heterocycles. The first-order valence-corrected chi connectivity index (χ1v) is 10.5. The number of halogens is 1. The van der Waals surface area contributed by atoms with Gasteiger partial charge in [0, 0.05) is 25.0 Å². The summed E-state index contributed by atoms with van der Waals surface area (Å²) in [5.74, 6) is -0.309. The van der Waals surface area contributed by atoms with Gasteiger partial charge in [-0.05, 0) is 42.7 Å². The minimum Gasteiger partial charge on any atom is -0.496 e. The minimum absolute atomic E-state index is 0.0693. The molecule has 0 unspecified atom stereocenters. The Balaban J connectivity index is 1.84. The Bertz CT molecular complexity index is 988. The largest absolute Gasteiger partial charge is 0.496 e. The molecule has 1 saturated heterocycles. The van der Waals surface area contributed by atoms with E-state index in [1.807, 2.05) is 0 Å². The molecular formula is C20H23FN2O5S. The van der Waals surface area contributed by atoms with Crippen LogP contribution in [0.4, 0.5) is 4.39 Å². The summed E-state index contributed by atoms with van der Waals surface area (Å²) >= 11 is 0. The van der Waals surface area contributed by atoms with Crippen LogP contribution in [0.25, 0.3) is 0 Å². The standard InChI is InChI=1S/C20H23FN2O5S/c1-28-18-8-3-2-7-17(18)19(24)22-14-20(15-5-4-6-16(21)13-15)9-11-23(12-10-20)29(25,26)27/h2-8,13H,9-12,14H2,1H3,(H,22,24)(H,25,26,27).